The van der Waals surface area contributed by atoms with Gasteiger partial charge in [-0.2, -0.15) is 0 Å². The first-order valence-electron chi connectivity index (χ1n) is 17.2. The quantitative estimate of drug-likeness (QED) is 0.187. The van der Waals surface area contributed by atoms with E-state index in [-0.39, 0.29) is 0 Å². The van der Waals surface area contributed by atoms with Gasteiger partial charge in [0.1, 0.15) is 28.0 Å². The van der Waals surface area contributed by atoms with Crippen LogP contribution in [0.2, 0.25) is 0 Å². The predicted octanol–water partition coefficient (Wildman–Crippen LogP) is 12.5. The number of furan rings is 2. The molecule has 0 spiro atoms. The van der Waals surface area contributed by atoms with Crippen molar-refractivity contribution in [3.63, 3.8) is 0 Å². The van der Waals surface area contributed by atoms with Crippen molar-refractivity contribution in [2.24, 2.45) is 0 Å². The zero-order valence-corrected chi connectivity index (χ0v) is 27.1. The maximum atomic E-state index is 6.59. The molecule has 51 heavy (non-hydrogen) atoms. The lowest BCUT2D eigenvalue weighted by molar-refractivity contribution is 0.666. The Hall–Kier alpha value is -6.98. The van der Waals surface area contributed by atoms with Crippen LogP contribution in [-0.4, -0.2) is 14.5 Å². The van der Waals surface area contributed by atoms with Gasteiger partial charge in [-0.15, -0.1) is 0 Å². The fraction of sp³-hybridized carbons (Fsp3) is 0. The van der Waals surface area contributed by atoms with Crippen LogP contribution >= 0.6 is 0 Å². The van der Waals surface area contributed by atoms with Crippen molar-refractivity contribution in [3.8, 4) is 17.2 Å². The van der Waals surface area contributed by atoms with Gasteiger partial charge in [-0.25, -0.2) is 9.97 Å². The van der Waals surface area contributed by atoms with Crippen molar-refractivity contribution in [2.45, 2.75) is 0 Å². The molecule has 12 rings (SSSR count). The molecule has 0 saturated carbocycles. The largest absolute Gasteiger partial charge is 0.456 e. The van der Waals surface area contributed by atoms with Gasteiger partial charge in [-0.1, -0.05) is 103 Å². The minimum absolute atomic E-state index is 0.595. The summed E-state index contributed by atoms with van der Waals surface area (Å²) in [6, 6.07) is 53.1. The molecule has 0 unspecified atom stereocenters. The van der Waals surface area contributed by atoms with Crippen LogP contribution in [0.4, 0.5) is 0 Å². The molecule has 236 valence electrons. The van der Waals surface area contributed by atoms with Gasteiger partial charge in [0.05, 0.1) is 11.0 Å². The van der Waals surface area contributed by atoms with Crippen LogP contribution < -0.4 is 0 Å². The Kier molecular flexibility index (Phi) is 5.17. The van der Waals surface area contributed by atoms with Crippen molar-refractivity contribution >= 4 is 98.1 Å². The topological polar surface area (TPSA) is 57.0 Å². The van der Waals surface area contributed by atoms with E-state index < -0.39 is 0 Å². The van der Waals surface area contributed by atoms with Gasteiger partial charge < -0.3 is 8.83 Å². The summed E-state index contributed by atoms with van der Waals surface area (Å²) in [5.74, 6) is 0.595. The van der Waals surface area contributed by atoms with Crippen LogP contribution in [0.15, 0.2) is 160 Å². The molecule has 0 aliphatic heterocycles. The highest BCUT2D eigenvalue weighted by molar-refractivity contribution is 6.28. The fourth-order valence-electron chi connectivity index (χ4n) is 8.33. The molecule has 4 heterocycles. The monoisotopic (exact) mass is 651 g/mol. The number of nitrogens with zero attached hydrogens (tertiary/aromatic N) is 3. The first-order valence-corrected chi connectivity index (χ1v) is 17.2. The van der Waals surface area contributed by atoms with E-state index in [9.17, 15) is 0 Å². The smallest absolute Gasteiger partial charge is 0.236 e. The Morgan fingerprint density at radius 1 is 0.412 bits per heavy atom. The second kappa shape index (κ2) is 9.80. The van der Waals surface area contributed by atoms with E-state index >= 15 is 0 Å². The molecule has 0 N–H and O–H groups in total. The number of hydrogen-bond donors (Lipinski definition) is 0. The standard InChI is InChI=1S/C46H25N3O2/c1-4-12-30-28(11-1)19-24-39-40(30)34-25-29(20-23-38(34)50-39)43-45-44(33-15-7-8-16-37(33)51-45)48-46(47-43)49-35-21-17-26-9-2-5-13-31(26)41(35)42-32-14-6-3-10-27(32)18-22-36(42)49/h1-25H. The first-order chi connectivity index (χ1) is 25.3. The summed E-state index contributed by atoms with van der Waals surface area (Å²) in [5, 5.41) is 12.6. The molecule has 0 bridgehead atoms. The predicted molar refractivity (Wildman–Crippen MR) is 209 cm³/mol. The van der Waals surface area contributed by atoms with Gasteiger partial charge in [0.2, 0.25) is 5.95 Å². The van der Waals surface area contributed by atoms with E-state index in [1.165, 1.54) is 37.7 Å². The van der Waals surface area contributed by atoms with E-state index in [1.807, 2.05) is 18.2 Å². The molecule has 5 heteroatoms. The average molecular weight is 652 g/mol. The Labute approximate surface area is 289 Å². The number of benzene rings is 8. The van der Waals surface area contributed by atoms with Gasteiger partial charge >= 0.3 is 0 Å². The number of fused-ring (bicyclic) bond motifs is 15. The SMILES string of the molecule is c1ccc2c(c1)ccc1oc3ccc(-c4nc(-n5c6ccc7ccccc7c6c6c7ccccc7ccc65)nc5c4oc4ccccc45)cc3c12. The molecule has 0 aliphatic rings. The molecule has 0 saturated heterocycles. The second-order valence-corrected chi connectivity index (χ2v) is 13.3. The van der Waals surface area contributed by atoms with E-state index in [0.29, 0.717) is 11.5 Å². The lowest BCUT2D eigenvalue weighted by Gasteiger charge is -2.10. The van der Waals surface area contributed by atoms with Crippen LogP contribution in [-0.2, 0) is 0 Å². The Morgan fingerprint density at radius 2 is 0.961 bits per heavy atom. The van der Waals surface area contributed by atoms with Crippen molar-refractivity contribution in [2.75, 3.05) is 0 Å². The maximum Gasteiger partial charge on any atom is 0.236 e. The number of aromatic nitrogens is 3. The first kappa shape index (κ1) is 26.9. The zero-order valence-electron chi connectivity index (χ0n) is 27.1. The summed E-state index contributed by atoms with van der Waals surface area (Å²) in [5.41, 5.74) is 7.70. The molecule has 4 aromatic heterocycles. The second-order valence-electron chi connectivity index (χ2n) is 13.3. The molecule has 8 aromatic carbocycles. The van der Waals surface area contributed by atoms with Crippen molar-refractivity contribution in [3.05, 3.63) is 152 Å². The van der Waals surface area contributed by atoms with Crippen LogP contribution in [0.5, 0.6) is 0 Å². The fourth-order valence-corrected chi connectivity index (χ4v) is 8.33. The lowest BCUT2D eigenvalue weighted by atomic mass is 10.00. The summed E-state index contributed by atoms with van der Waals surface area (Å²) in [4.78, 5) is 10.8. The van der Waals surface area contributed by atoms with Gasteiger partial charge in [-0.05, 0) is 80.8 Å². The molecule has 0 aliphatic carbocycles. The molecular formula is C46H25N3O2. The van der Waals surface area contributed by atoms with Crippen LogP contribution in [0, 0.1) is 0 Å². The highest BCUT2D eigenvalue weighted by Crippen LogP contribution is 2.43. The van der Waals surface area contributed by atoms with Crippen LogP contribution in [0.1, 0.15) is 0 Å². The third-order valence-electron chi connectivity index (χ3n) is 10.6. The van der Waals surface area contributed by atoms with E-state index in [4.69, 9.17) is 18.8 Å². The Bertz CT molecular complexity index is 3340. The summed E-state index contributed by atoms with van der Waals surface area (Å²) < 4.78 is 15.2. The molecule has 0 amide bonds. The number of rotatable bonds is 2. The highest BCUT2D eigenvalue weighted by atomic mass is 16.3. The third kappa shape index (κ3) is 3.64. The van der Waals surface area contributed by atoms with Gasteiger partial charge in [-0.3, -0.25) is 4.57 Å². The summed E-state index contributed by atoms with van der Waals surface area (Å²) in [7, 11) is 0. The number of para-hydroxylation sites is 1. The molecule has 12 aromatic rings. The molecule has 5 nitrogen and oxygen atoms in total. The van der Waals surface area contributed by atoms with E-state index in [0.717, 1.165) is 66.1 Å². The Balaban J connectivity index is 1.23. The Morgan fingerprint density at radius 3 is 1.65 bits per heavy atom. The van der Waals surface area contributed by atoms with Crippen LogP contribution in [0.3, 0.4) is 0 Å². The van der Waals surface area contributed by atoms with Crippen molar-refractivity contribution < 1.29 is 8.83 Å². The minimum Gasteiger partial charge on any atom is -0.456 e. The van der Waals surface area contributed by atoms with Gasteiger partial charge in [0, 0.05) is 32.5 Å². The van der Waals surface area contributed by atoms with Crippen molar-refractivity contribution in [1.82, 2.24) is 14.5 Å². The number of hydrogen-bond acceptors (Lipinski definition) is 4. The highest BCUT2D eigenvalue weighted by Gasteiger charge is 2.23. The van der Waals surface area contributed by atoms with Gasteiger partial charge in [0.15, 0.2) is 5.58 Å². The summed E-state index contributed by atoms with van der Waals surface area (Å²) in [6.07, 6.45) is 0. The summed E-state index contributed by atoms with van der Waals surface area (Å²) in [6.45, 7) is 0. The van der Waals surface area contributed by atoms with Gasteiger partial charge in [0.25, 0.3) is 0 Å². The molecule has 0 radical (unpaired) electrons. The van der Waals surface area contributed by atoms with Crippen molar-refractivity contribution in [1.29, 1.82) is 0 Å². The average Bonchev–Trinajstić information content (AvgIpc) is 3.87. The maximum absolute atomic E-state index is 6.59. The zero-order chi connectivity index (χ0) is 33.2. The minimum atomic E-state index is 0.595. The normalized spacial score (nSPS) is 12.3. The molecule has 0 atom stereocenters. The molecular weight excluding hydrogens is 627 g/mol. The third-order valence-corrected chi connectivity index (χ3v) is 10.6. The van der Waals surface area contributed by atoms with E-state index in [1.54, 1.807) is 0 Å². The van der Waals surface area contributed by atoms with E-state index in [2.05, 4.69) is 138 Å². The molecule has 0 fully saturated rings. The summed E-state index contributed by atoms with van der Waals surface area (Å²) >= 11 is 0. The van der Waals surface area contributed by atoms with Crippen LogP contribution in [0.25, 0.3) is 115 Å². The lowest BCUT2D eigenvalue weighted by Crippen LogP contribution is -2.03.